The third-order valence-corrected chi connectivity index (χ3v) is 3.63. The monoisotopic (exact) mass is 265 g/mol. The Hall–Kier alpha value is -1.52. The number of nitrogens with one attached hydrogen (secondary N) is 1. The van der Waals surface area contributed by atoms with E-state index in [1.54, 1.807) is 13.3 Å². The van der Waals surface area contributed by atoms with Crippen molar-refractivity contribution in [1.29, 1.82) is 0 Å². The third kappa shape index (κ3) is 1.98. The van der Waals surface area contributed by atoms with Crippen molar-refractivity contribution < 1.29 is 4.74 Å². The lowest BCUT2D eigenvalue weighted by molar-refractivity contribution is 0.415. The van der Waals surface area contributed by atoms with Gasteiger partial charge in [-0.2, -0.15) is 5.10 Å². The highest BCUT2D eigenvalue weighted by Gasteiger charge is 2.18. The fourth-order valence-corrected chi connectivity index (χ4v) is 2.23. The molecule has 96 valence electrons. The molecule has 1 heterocycles. The van der Waals surface area contributed by atoms with Gasteiger partial charge in [0.1, 0.15) is 5.75 Å². The zero-order valence-corrected chi connectivity index (χ0v) is 11.4. The van der Waals surface area contributed by atoms with Crippen LogP contribution in [0.15, 0.2) is 12.3 Å². The van der Waals surface area contributed by atoms with Crippen molar-refractivity contribution >= 4 is 11.6 Å². The lowest BCUT2D eigenvalue weighted by atomic mass is 9.99. The van der Waals surface area contributed by atoms with Gasteiger partial charge in [-0.1, -0.05) is 11.6 Å². The van der Waals surface area contributed by atoms with Gasteiger partial charge >= 0.3 is 0 Å². The fourth-order valence-electron chi connectivity index (χ4n) is 2.08. The largest absolute Gasteiger partial charge is 0.496 e. The van der Waals surface area contributed by atoms with E-state index >= 15 is 0 Å². The summed E-state index contributed by atoms with van der Waals surface area (Å²) in [6.07, 6.45) is 1.72. The molecule has 0 saturated carbocycles. The van der Waals surface area contributed by atoms with Crippen LogP contribution in [0.5, 0.6) is 5.75 Å². The average molecular weight is 266 g/mol. The maximum absolute atomic E-state index is 6.30. The van der Waals surface area contributed by atoms with E-state index in [1.807, 2.05) is 19.9 Å². The van der Waals surface area contributed by atoms with Crippen LogP contribution in [0.4, 0.5) is 0 Å². The summed E-state index contributed by atoms with van der Waals surface area (Å²) < 4.78 is 5.44. The summed E-state index contributed by atoms with van der Waals surface area (Å²) in [5, 5.41) is 7.74. The predicted molar refractivity (Wildman–Crippen MR) is 73.0 cm³/mol. The summed E-state index contributed by atoms with van der Waals surface area (Å²) in [5.41, 5.74) is 10.4. The second-order valence-corrected chi connectivity index (χ2v) is 4.56. The van der Waals surface area contributed by atoms with Gasteiger partial charge in [0.25, 0.3) is 0 Å². The first-order valence-corrected chi connectivity index (χ1v) is 6.04. The Morgan fingerprint density at radius 2 is 2.17 bits per heavy atom. The highest BCUT2D eigenvalue weighted by molar-refractivity contribution is 6.32. The molecule has 0 aliphatic carbocycles. The van der Waals surface area contributed by atoms with Crippen LogP contribution >= 0.6 is 11.6 Å². The number of aromatic amines is 1. The number of nitrogens with zero attached hydrogens (tertiary/aromatic N) is 1. The molecule has 0 unspecified atom stereocenters. The topological polar surface area (TPSA) is 63.9 Å². The zero-order valence-electron chi connectivity index (χ0n) is 10.7. The normalized spacial score (nSPS) is 10.7. The molecule has 0 fully saturated rings. The number of hydrogen-bond acceptors (Lipinski definition) is 3. The minimum absolute atomic E-state index is 0.417. The number of benzene rings is 1. The molecule has 0 bridgehead atoms. The van der Waals surface area contributed by atoms with Crippen LogP contribution in [0.2, 0.25) is 5.02 Å². The minimum atomic E-state index is 0.417. The van der Waals surface area contributed by atoms with Crippen LogP contribution < -0.4 is 10.5 Å². The molecular formula is C13H16ClN3O. The van der Waals surface area contributed by atoms with Gasteiger partial charge in [-0.15, -0.1) is 0 Å². The molecule has 4 nitrogen and oxygen atoms in total. The van der Waals surface area contributed by atoms with Crippen molar-refractivity contribution in [2.24, 2.45) is 5.73 Å². The number of nitrogens with two attached hydrogens (primary N) is 1. The van der Waals surface area contributed by atoms with Gasteiger partial charge in [-0.25, -0.2) is 0 Å². The van der Waals surface area contributed by atoms with Gasteiger partial charge in [0.05, 0.1) is 19.0 Å². The highest BCUT2D eigenvalue weighted by Crippen LogP contribution is 2.39. The van der Waals surface area contributed by atoms with Crippen LogP contribution in [0.3, 0.4) is 0 Å². The highest BCUT2D eigenvalue weighted by atomic mass is 35.5. The first-order valence-electron chi connectivity index (χ1n) is 5.66. The van der Waals surface area contributed by atoms with Gasteiger partial charge < -0.3 is 10.5 Å². The van der Waals surface area contributed by atoms with Gasteiger partial charge in [-0.3, -0.25) is 5.10 Å². The second kappa shape index (κ2) is 5.00. The number of H-pyrrole nitrogens is 1. The quantitative estimate of drug-likeness (QED) is 0.897. The minimum Gasteiger partial charge on any atom is -0.496 e. The van der Waals surface area contributed by atoms with Crippen LogP contribution in [0.25, 0.3) is 11.3 Å². The van der Waals surface area contributed by atoms with Crippen molar-refractivity contribution in [3.8, 4) is 17.0 Å². The van der Waals surface area contributed by atoms with Crippen LogP contribution in [-0.2, 0) is 6.54 Å². The Bertz CT molecular complexity index is 578. The van der Waals surface area contributed by atoms with Crippen LogP contribution in [0, 0.1) is 13.8 Å². The van der Waals surface area contributed by atoms with E-state index in [1.165, 1.54) is 0 Å². The van der Waals surface area contributed by atoms with Crippen molar-refractivity contribution in [2.75, 3.05) is 7.11 Å². The van der Waals surface area contributed by atoms with Crippen molar-refractivity contribution in [2.45, 2.75) is 20.4 Å². The first-order chi connectivity index (χ1) is 8.60. The summed E-state index contributed by atoms with van der Waals surface area (Å²) >= 11 is 6.30. The predicted octanol–water partition coefficient (Wildman–Crippen LogP) is 2.81. The number of aryl methyl sites for hydroxylation is 1. The standard InChI is InChI=1S/C13H16ClN3O/c1-7-4-10(18-3)11(8(2)12(7)14)13-9(5-15)6-16-17-13/h4,6H,5,15H2,1-3H3,(H,16,17). The first kappa shape index (κ1) is 12.9. The summed E-state index contributed by atoms with van der Waals surface area (Å²) in [5.74, 6) is 0.772. The molecule has 2 rings (SSSR count). The van der Waals surface area contributed by atoms with E-state index in [4.69, 9.17) is 22.1 Å². The van der Waals surface area contributed by atoms with Crippen molar-refractivity contribution in [1.82, 2.24) is 10.2 Å². The molecule has 0 atom stereocenters. The Morgan fingerprint density at radius 3 is 2.78 bits per heavy atom. The summed E-state index contributed by atoms with van der Waals surface area (Å²) in [7, 11) is 1.64. The lowest BCUT2D eigenvalue weighted by Gasteiger charge is -2.15. The third-order valence-electron chi connectivity index (χ3n) is 3.05. The molecule has 0 spiro atoms. The Balaban J connectivity index is 2.74. The summed E-state index contributed by atoms with van der Waals surface area (Å²) in [4.78, 5) is 0. The molecule has 0 saturated heterocycles. The second-order valence-electron chi connectivity index (χ2n) is 4.18. The Morgan fingerprint density at radius 1 is 1.44 bits per heavy atom. The maximum Gasteiger partial charge on any atom is 0.128 e. The number of aromatic nitrogens is 2. The molecule has 3 N–H and O–H groups in total. The Kier molecular flexibility index (Phi) is 3.59. The molecular weight excluding hydrogens is 250 g/mol. The number of halogens is 1. The molecule has 0 radical (unpaired) electrons. The molecule has 2 aromatic rings. The average Bonchev–Trinajstić information content (AvgIpc) is 2.83. The smallest absolute Gasteiger partial charge is 0.128 e. The van der Waals surface area contributed by atoms with E-state index in [0.29, 0.717) is 6.54 Å². The molecule has 0 amide bonds. The Labute approximate surface area is 111 Å². The molecule has 1 aromatic carbocycles. The zero-order chi connectivity index (χ0) is 13.3. The van der Waals surface area contributed by atoms with Gasteiger partial charge in [0.2, 0.25) is 0 Å². The molecule has 5 heteroatoms. The van der Waals surface area contributed by atoms with E-state index in [0.717, 1.165) is 38.7 Å². The molecule has 0 aliphatic heterocycles. The number of ether oxygens (including phenoxy) is 1. The lowest BCUT2D eigenvalue weighted by Crippen LogP contribution is -2.00. The van der Waals surface area contributed by atoms with E-state index in [2.05, 4.69) is 10.2 Å². The molecule has 18 heavy (non-hydrogen) atoms. The molecule has 1 aromatic heterocycles. The SMILES string of the molecule is COc1cc(C)c(Cl)c(C)c1-c1[nH]ncc1CN. The van der Waals surface area contributed by atoms with Crippen LogP contribution in [-0.4, -0.2) is 17.3 Å². The van der Waals surface area contributed by atoms with Gasteiger partial charge in [0.15, 0.2) is 0 Å². The summed E-state index contributed by atoms with van der Waals surface area (Å²) in [6.45, 7) is 4.34. The number of methoxy groups -OCH3 is 1. The van der Waals surface area contributed by atoms with Crippen LogP contribution in [0.1, 0.15) is 16.7 Å². The van der Waals surface area contributed by atoms with E-state index < -0.39 is 0 Å². The number of hydrogen-bond donors (Lipinski definition) is 2. The van der Waals surface area contributed by atoms with Crippen molar-refractivity contribution in [3.63, 3.8) is 0 Å². The van der Waals surface area contributed by atoms with Crippen molar-refractivity contribution in [3.05, 3.63) is 34.0 Å². The number of rotatable bonds is 3. The molecule has 0 aliphatic rings. The van der Waals surface area contributed by atoms with Gasteiger partial charge in [0, 0.05) is 22.7 Å². The van der Waals surface area contributed by atoms with Gasteiger partial charge in [-0.05, 0) is 31.0 Å². The van der Waals surface area contributed by atoms with E-state index in [9.17, 15) is 0 Å². The van der Waals surface area contributed by atoms with E-state index in [-0.39, 0.29) is 0 Å². The maximum atomic E-state index is 6.30. The fraction of sp³-hybridized carbons (Fsp3) is 0.308. The summed E-state index contributed by atoms with van der Waals surface area (Å²) in [6, 6.07) is 1.92.